The van der Waals surface area contributed by atoms with Crippen LogP contribution in [-0.2, 0) is 0 Å². The summed E-state index contributed by atoms with van der Waals surface area (Å²) in [5, 5.41) is 4.01. The molecular weight excluding hydrogens is 360 g/mol. The smallest absolute Gasteiger partial charge is 0.321 e. The zero-order valence-corrected chi connectivity index (χ0v) is 15.5. The number of urea groups is 1. The van der Waals surface area contributed by atoms with E-state index in [0.717, 1.165) is 23.4 Å². The Labute approximate surface area is 161 Å². The van der Waals surface area contributed by atoms with Crippen LogP contribution in [0, 0.1) is 0 Å². The maximum atomic E-state index is 12.5. The van der Waals surface area contributed by atoms with Crippen molar-refractivity contribution in [1.82, 2.24) is 9.88 Å². The Morgan fingerprint density at radius 1 is 1.11 bits per heavy atom. The number of amides is 3. The summed E-state index contributed by atoms with van der Waals surface area (Å²) < 4.78 is 1.21. The molecule has 3 N–H and O–H groups in total. The molecule has 0 unspecified atom stereocenters. The normalized spacial score (nSPS) is 15.0. The molecule has 3 aromatic rings. The lowest BCUT2D eigenvalue weighted by Crippen LogP contribution is -2.40. The molecule has 1 fully saturated rings. The van der Waals surface area contributed by atoms with Crippen LogP contribution in [0.4, 0.5) is 10.5 Å². The third-order valence-corrected chi connectivity index (χ3v) is 6.04. The van der Waals surface area contributed by atoms with E-state index in [9.17, 15) is 9.59 Å². The molecule has 2 aromatic carbocycles. The second-order valence-electron chi connectivity index (χ2n) is 6.66. The molecule has 0 saturated carbocycles. The van der Waals surface area contributed by atoms with Crippen molar-refractivity contribution in [3.63, 3.8) is 0 Å². The van der Waals surface area contributed by atoms with Crippen LogP contribution >= 0.6 is 11.3 Å². The highest BCUT2D eigenvalue weighted by molar-refractivity contribution is 7.18. The van der Waals surface area contributed by atoms with E-state index in [1.165, 1.54) is 4.70 Å². The van der Waals surface area contributed by atoms with Gasteiger partial charge in [-0.2, -0.15) is 0 Å². The Balaban J connectivity index is 1.38. The highest BCUT2D eigenvalue weighted by atomic mass is 32.1. The van der Waals surface area contributed by atoms with Gasteiger partial charge >= 0.3 is 6.03 Å². The summed E-state index contributed by atoms with van der Waals surface area (Å²) in [6.07, 6.45) is 1.79. The Kier molecular flexibility index (Phi) is 4.77. The van der Waals surface area contributed by atoms with Gasteiger partial charge < -0.3 is 16.0 Å². The minimum absolute atomic E-state index is 0.153. The summed E-state index contributed by atoms with van der Waals surface area (Å²) in [5.41, 5.74) is 7.29. The summed E-state index contributed by atoms with van der Waals surface area (Å²) in [4.78, 5) is 30.4. The van der Waals surface area contributed by atoms with Crippen LogP contribution in [0.2, 0.25) is 0 Å². The molecular formula is C20H20N4O2S. The molecule has 0 spiro atoms. The molecule has 7 heteroatoms. The monoisotopic (exact) mass is 380 g/mol. The number of hydrogen-bond acceptors (Lipinski definition) is 4. The van der Waals surface area contributed by atoms with Crippen molar-refractivity contribution in [3.05, 3.63) is 59.1 Å². The first-order chi connectivity index (χ1) is 13.1. The van der Waals surface area contributed by atoms with Crippen LogP contribution < -0.4 is 11.1 Å². The fourth-order valence-electron chi connectivity index (χ4n) is 3.35. The molecule has 1 aliphatic heterocycles. The molecule has 1 aliphatic rings. The molecule has 6 nitrogen and oxygen atoms in total. The van der Waals surface area contributed by atoms with Crippen LogP contribution in [0.25, 0.3) is 10.2 Å². The quantitative estimate of drug-likeness (QED) is 0.724. The molecule has 1 aromatic heterocycles. The number of piperidine rings is 1. The number of nitrogens with two attached hydrogens (primary N) is 1. The van der Waals surface area contributed by atoms with Crippen LogP contribution in [0.3, 0.4) is 0 Å². The first kappa shape index (κ1) is 17.5. The zero-order valence-electron chi connectivity index (χ0n) is 14.7. The lowest BCUT2D eigenvalue weighted by atomic mass is 9.98. The number of thiazole rings is 1. The van der Waals surface area contributed by atoms with Crippen LogP contribution in [0.1, 0.15) is 34.1 Å². The number of anilines is 1. The summed E-state index contributed by atoms with van der Waals surface area (Å²) in [5.74, 6) is -0.118. The number of rotatable bonds is 3. The van der Waals surface area contributed by atoms with Gasteiger partial charge in [0.15, 0.2) is 0 Å². The second kappa shape index (κ2) is 7.36. The van der Waals surface area contributed by atoms with Crippen molar-refractivity contribution in [2.24, 2.45) is 5.73 Å². The van der Waals surface area contributed by atoms with Gasteiger partial charge in [0.1, 0.15) is 0 Å². The molecule has 0 aliphatic carbocycles. The zero-order chi connectivity index (χ0) is 18.8. The van der Waals surface area contributed by atoms with Crippen molar-refractivity contribution >= 4 is 39.2 Å². The van der Waals surface area contributed by atoms with Gasteiger partial charge in [-0.3, -0.25) is 4.79 Å². The molecule has 0 atom stereocenters. The first-order valence-corrected chi connectivity index (χ1v) is 9.73. The van der Waals surface area contributed by atoms with Crippen LogP contribution in [-0.4, -0.2) is 34.9 Å². The Morgan fingerprint density at radius 3 is 2.63 bits per heavy atom. The van der Waals surface area contributed by atoms with E-state index in [0.29, 0.717) is 30.3 Å². The number of hydrogen-bond donors (Lipinski definition) is 2. The summed E-state index contributed by atoms with van der Waals surface area (Å²) in [6.45, 7) is 1.36. The van der Waals surface area contributed by atoms with Gasteiger partial charge in [0.05, 0.1) is 15.2 Å². The molecule has 4 rings (SSSR count). The molecule has 138 valence electrons. The van der Waals surface area contributed by atoms with Gasteiger partial charge in [-0.1, -0.05) is 18.2 Å². The molecule has 3 amide bonds. The summed E-state index contributed by atoms with van der Waals surface area (Å²) in [6, 6.07) is 14.7. The van der Waals surface area contributed by atoms with Crippen LogP contribution in [0.15, 0.2) is 48.5 Å². The van der Waals surface area contributed by atoms with E-state index in [4.69, 9.17) is 10.7 Å². The maximum absolute atomic E-state index is 12.5. The fourth-order valence-corrected chi connectivity index (χ4v) is 4.48. The topological polar surface area (TPSA) is 88.3 Å². The number of primary amides is 1. The van der Waals surface area contributed by atoms with E-state index < -0.39 is 5.91 Å². The standard InChI is InChI=1S/C20H20N4O2S/c21-18(25)14-4-3-5-15(12-14)22-20(26)24-10-8-13(9-11-24)19-23-16-6-1-2-7-17(16)27-19/h1-7,12-13H,8-11H2,(H2,21,25)(H,22,26). The summed E-state index contributed by atoms with van der Waals surface area (Å²) in [7, 11) is 0. The number of fused-ring (bicyclic) bond motifs is 1. The molecule has 0 radical (unpaired) electrons. The van der Waals surface area contributed by atoms with E-state index >= 15 is 0 Å². The van der Waals surface area contributed by atoms with Crippen molar-refractivity contribution in [3.8, 4) is 0 Å². The molecule has 1 saturated heterocycles. The number of nitrogens with zero attached hydrogens (tertiary/aromatic N) is 2. The maximum Gasteiger partial charge on any atom is 0.321 e. The number of aromatic nitrogens is 1. The number of carbonyl (C=O) groups is 2. The Hall–Kier alpha value is -2.93. The summed E-state index contributed by atoms with van der Waals surface area (Å²) >= 11 is 1.75. The number of carbonyl (C=O) groups excluding carboxylic acids is 2. The van der Waals surface area contributed by atoms with Gasteiger partial charge in [-0.25, -0.2) is 9.78 Å². The van der Waals surface area contributed by atoms with Crippen molar-refractivity contribution < 1.29 is 9.59 Å². The minimum Gasteiger partial charge on any atom is -0.366 e. The largest absolute Gasteiger partial charge is 0.366 e. The second-order valence-corrected chi connectivity index (χ2v) is 7.72. The van der Waals surface area contributed by atoms with Crippen LogP contribution in [0.5, 0.6) is 0 Å². The fraction of sp³-hybridized carbons (Fsp3) is 0.250. The van der Waals surface area contributed by atoms with Crippen molar-refractivity contribution in [1.29, 1.82) is 0 Å². The average Bonchev–Trinajstić information content (AvgIpc) is 3.12. The van der Waals surface area contributed by atoms with Gasteiger partial charge in [-0.05, 0) is 43.2 Å². The van der Waals surface area contributed by atoms with E-state index in [2.05, 4.69) is 11.4 Å². The van der Waals surface area contributed by atoms with Gasteiger partial charge in [0.2, 0.25) is 5.91 Å². The minimum atomic E-state index is -0.511. The average molecular weight is 380 g/mol. The Bertz CT molecular complexity index is 959. The number of para-hydroxylation sites is 1. The lowest BCUT2D eigenvalue weighted by Gasteiger charge is -2.31. The SMILES string of the molecule is NC(=O)c1cccc(NC(=O)N2CCC(c3nc4ccccc4s3)CC2)c1. The highest BCUT2D eigenvalue weighted by Gasteiger charge is 2.26. The third-order valence-electron chi connectivity index (χ3n) is 4.84. The first-order valence-electron chi connectivity index (χ1n) is 8.91. The van der Waals surface area contributed by atoms with E-state index in [1.54, 1.807) is 40.5 Å². The molecule has 2 heterocycles. The highest BCUT2D eigenvalue weighted by Crippen LogP contribution is 2.33. The van der Waals surface area contributed by atoms with Crippen molar-refractivity contribution in [2.45, 2.75) is 18.8 Å². The number of benzene rings is 2. The Morgan fingerprint density at radius 2 is 1.89 bits per heavy atom. The third kappa shape index (κ3) is 3.78. The van der Waals surface area contributed by atoms with E-state index in [1.807, 2.05) is 18.2 Å². The van der Waals surface area contributed by atoms with Crippen molar-refractivity contribution in [2.75, 3.05) is 18.4 Å². The van der Waals surface area contributed by atoms with E-state index in [-0.39, 0.29) is 6.03 Å². The predicted octanol–water partition coefficient (Wildman–Crippen LogP) is 3.81. The predicted molar refractivity (Wildman–Crippen MR) is 107 cm³/mol. The van der Waals surface area contributed by atoms with Gasteiger partial charge in [0.25, 0.3) is 0 Å². The number of likely N-dealkylation sites (tertiary alicyclic amines) is 1. The van der Waals surface area contributed by atoms with Gasteiger partial charge in [0, 0.05) is 30.3 Å². The molecule has 0 bridgehead atoms. The lowest BCUT2D eigenvalue weighted by molar-refractivity contribution is 0.1000. The van der Waals surface area contributed by atoms with Gasteiger partial charge in [-0.15, -0.1) is 11.3 Å². The number of nitrogens with one attached hydrogen (secondary N) is 1. The molecule has 27 heavy (non-hydrogen) atoms.